The van der Waals surface area contributed by atoms with E-state index in [1.807, 2.05) is 24.3 Å². The molecule has 1 aliphatic rings. The number of aromatic amines is 1. The van der Waals surface area contributed by atoms with Gasteiger partial charge in [-0.05, 0) is 49.8 Å². The molecule has 1 fully saturated rings. The molecule has 7 nitrogen and oxygen atoms in total. The number of para-hydroxylation sites is 1. The van der Waals surface area contributed by atoms with E-state index in [0.717, 1.165) is 31.4 Å². The van der Waals surface area contributed by atoms with Crippen molar-refractivity contribution in [2.45, 2.75) is 57.6 Å². The van der Waals surface area contributed by atoms with Gasteiger partial charge in [0.05, 0.1) is 20.3 Å². The molecule has 1 saturated carbocycles. The molecule has 1 aromatic heterocycles. The molecular formula is C21H29N3O4. The van der Waals surface area contributed by atoms with Crippen LogP contribution >= 0.6 is 0 Å². The molecule has 2 N–H and O–H groups in total. The topological polar surface area (TPSA) is 85.5 Å². The number of ether oxygens (including phenoxy) is 3. The number of benzene rings is 1. The van der Waals surface area contributed by atoms with E-state index < -0.39 is 0 Å². The third kappa shape index (κ3) is 4.58. The number of methoxy groups -OCH3 is 2. The first-order valence-electron chi connectivity index (χ1n) is 9.75. The first-order valence-corrected chi connectivity index (χ1v) is 9.75. The van der Waals surface area contributed by atoms with Gasteiger partial charge in [0.2, 0.25) is 5.75 Å². The fraction of sp³-hybridized carbons (Fsp3) is 0.524. The highest BCUT2D eigenvalue weighted by Gasteiger charge is 2.26. The molecule has 0 atom stereocenters. The smallest absolute Gasteiger partial charge is 0.271 e. The maximum absolute atomic E-state index is 12.4. The number of hydrogen-bond donors (Lipinski definition) is 2. The summed E-state index contributed by atoms with van der Waals surface area (Å²) < 4.78 is 16.9. The normalized spacial score (nSPS) is 19.3. The SMILES string of the molecule is COc1cccc(OC2CCC(NC(=O)c3cc(C(C)C)[nH]n3)CC2)c1OC. The Hall–Kier alpha value is -2.70. The zero-order valence-corrected chi connectivity index (χ0v) is 17.0. The van der Waals surface area contributed by atoms with Gasteiger partial charge in [0.15, 0.2) is 11.5 Å². The van der Waals surface area contributed by atoms with Gasteiger partial charge in [0.1, 0.15) is 5.69 Å². The van der Waals surface area contributed by atoms with E-state index in [9.17, 15) is 4.79 Å². The predicted molar refractivity (Wildman–Crippen MR) is 106 cm³/mol. The van der Waals surface area contributed by atoms with E-state index in [1.165, 1.54) is 0 Å². The van der Waals surface area contributed by atoms with Crippen LogP contribution in [-0.4, -0.2) is 42.5 Å². The summed E-state index contributed by atoms with van der Waals surface area (Å²) in [4.78, 5) is 12.4. The summed E-state index contributed by atoms with van der Waals surface area (Å²) in [6.07, 6.45) is 3.55. The van der Waals surface area contributed by atoms with Crippen molar-refractivity contribution in [3.8, 4) is 17.2 Å². The largest absolute Gasteiger partial charge is 0.493 e. The highest BCUT2D eigenvalue weighted by molar-refractivity contribution is 5.92. The lowest BCUT2D eigenvalue weighted by Crippen LogP contribution is -2.39. The lowest BCUT2D eigenvalue weighted by molar-refractivity contribution is 0.0886. The van der Waals surface area contributed by atoms with Crippen molar-refractivity contribution in [1.82, 2.24) is 15.5 Å². The van der Waals surface area contributed by atoms with Crippen LogP contribution in [0.4, 0.5) is 0 Å². The standard InChI is InChI=1S/C21H29N3O4/c1-13(2)16-12-17(24-23-16)21(25)22-14-8-10-15(11-9-14)28-19-7-5-6-18(26-3)20(19)27-4/h5-7,12-15H,8-11H2,1-4H3,(H,22,25)(H,23,24). The molecule has 2 aromatic rings. The van der Waals surface area contributed by atoms with Crippen molar-refractivity contribution < 1.29 is 19.0 Å². The summed E-state index contributed by atoms with van der Waals surface area (Å²) in [5.41, 5.74) is 1.41. The summed E-state index contributed by atoms with van der Waals surface area (Å²) in [7, 11) is 3.22. The van der Waals surface area contributed by atoms with E-state index in [0.29, 0.717) is 28.9 Å². The molecule has 0 bridgehead atoms. The summed E-state index contributed by atoms with van der Waals surface area (Å²) in [6, 6.07) is 7.58. The number of nitrogens with zero attached hydrogens (tertiary/aromatic N) is 1. The molecule has 0 unspecified atom stereocenters. The monoisotopic (exact) mass is 387 g/mol. The van der Waals surface area contributed by atoms with Crippen molar-refractivity contribution in [2.75, 3.05) is 14.2 Å². The molecular weight excluding hydrogens is 358 g/mol. The Kier molecular flexibility index (Phi) is 6.44. The Morgan fingerprint density at radius 3 is 2.46 bits per heavy atom. The molecule has 1 aliphatic carbocycles. The summed E-state index contributed by atoms with van der Waals surface area (Å²) in [6.45, 7) is 4.13. The molecule has 1 heterocycles. The number of hydrogen-bond acceptors (Lipinski definition) is 5. The third-order valence-electron chi connectivity index (χ3n) is 5.12. The number of nitrogens with one attached hydrogen (secondary N) is 2. The van der Waals surface area contributed by atoms with Crippen LogP contribution < -0.4 is 19.5 Å². The molecule has 152 valence electrons. The van der Waals surface area contributed by atoms with Gasteiger partial charge in [-0.25, -0.2) is 0 Å². The van der Waals surface area contributed by atoms with Gasteiger partial charge in [0.25, 0.3) is 5.91 Å². The highest BCUT2D eigenvalue weighted by Crippen LogP contribution is 2.38. The lowest BCUT2D eigenvalue weighted by Gasteiger charge is -2.29. The summed E-state index contributed by atoms with van der Waals surface area (Å²) >= 11 is 0. The Bertz CT molecular complexity index is 795. The number of rotatable bonds is 7. The Morgan fingerprint density at radius 1 is 1.14 bits per heavy atom. The van der Waals surface area contributed by atoms with Crippen LogP contribution in [0.25, 0.3) is 0 Å². The van der Waals surface area contributed by atoms with E-state index >= 15 is 0 Å². The summed E-state index contributed by atoms with van der Waals surface area (Å²) in [5.74, 6) is 2.14. The second-order valence-corrected chi connectivity index (χ2v) is 7.42. The molecule has 1 aromatic carbocycles. The molecule has 0 aliphatic heterocycles. The Morgan fingerprint density at radius 2 is 1.86 bits per heavy atom. The van der Waals surface area contributed by atoms with E-state index in [-0.39, 0.29) is 18.1 Å². The second kappa shape index (κ2) is 8.99. The van der Waals surface area contributed by atoms with E-state index in [2.05, 4.69) is 29.4 Å². The first-order chi connectivity index (χ1) is 13.5. The van der Waals surface area contributed by atoms with Crippen LogP contribution in [0.1, 0.15) is 61.6 Å². The molecule has 1 amide bonds. The molecule has 0 spiro atoms. The Labute approximate surface area is 165 Å². The lowest BCUT2D eigenvalue weighted by atomic mass is 9.92. The van der Waals surface area contributed by atoms with Crippen molar-refractivity contribution in [3.05, 3.63) is 35.7 Å². The van der Waals surface area contributed by atoms with Gasteiger partial charge in [-0.3, -0.25) is 9.89 Å². The molecule has 0 saturated heterocycles. The number of amides is 1. The third-order valence-corrected chi connectivity index (χ3v) is 5.12. The van der Waals surface area contributed by atoms with Gasteiger partial charge in [-0.15, -0.1) is 0 Å². The Balaban J connectivity index is 1.53. The van der Waals surface area contributed by atoms with Crippen LogP contribution in [0.2, 0.25) is 0 Å². The fourth-order valence-corrected chi connectivity index (χ4v) is 3.46. The minimum Gasteiger partial charge on any atom is -0.493 e. The van der Waals surface area contributed by atoms with Crippen LogP contribution in [0, 0.1) is 0 Å². The van der Waals surface area contributed by atoms with Crippen LogP contribution in [0.5, 0.6) is 17.2 Å². The zero-order chi connectivity index (χ0) is 20.1. The fourth-order valence-electron chi connectivity index (χ4n) is 3.46. The van der Waals surface area contributed by atoms with Gasteiger partial charge in [-0.1, -0.05) is 19.9 Å². The number of aromatic nitrogens is 2. The average Bonchev–Trinajstić information content (AvgIpc) is 3.20. The number of H-pyrrole nitrogens is 1. The van der Waals surface area contributed by atoms with Crippen molar-refractivity contribution >= 4 is 5.91 Å². The highest BCUT2D eigenvalue weighted by atomic mass is 16.5. The van der Waals surface area contributed by atoms with Crippen molar-refractivity contribution in [2.24, 2.45) is 0 Å². The van der Waals surface area contributed by atoms with Gasteiger partial charge < -0.3 is 19.5 Å². The summed E-state index contributed by atoms with van der Waals surface area (Å²) in [5, 5.41) is 10.1. The van der Waals surface area contributed by atoms with Crippen molar-refractivity contribution in [3.63, 3.8) is 0 Å². The van der Waals surface area contributed by atoms with Crippen LogP contribution in [0.15, 0.2) is 24.3 Å². The average molecular weight is 387 g/mol. The minimum absolute atomic E-state index is 0.0899. The maximum atomic E-state index is 12.4. The van der Waals surface area contributed by atoms with Gasteiger partial charge >= 0.3 is 0 Å². The van der Waals surface area contributed by atoms with E-state index in [4.69, 9.17) is 14.2 Å². The number of carbonyl (C=O) groups is 1. The van der Waals surface area contributed by atoms with Crippen LogP contribution in [-0.2, 0) is 0 Å². The van der Waals surface area contributed by atoms with Crippen molar-refractivity contribution in [1.29, 1.82) is 0 Å². The zero-order valence-electron chi connectivity index (χ0n) is 17.0. The first kappa shape index (κ1) is 20.0. The molecule has 0 radical (unpaired) electrons. The maximum Gasteiger partial charge on any atom is 0.271 e. The molecule has 28 heavy (non-hydrogen) atoms. The number of carbonyl (C=O) groups excluding carboxylic acids is 1. The molecule has 3 rings (SSSR count). The van der Waals surface area contributed by atoms with Crippen LogP contribution in [0.3, 0.4) is 0 Å². The minimum atomic E-state index is -0.123. The predicted octanol–water partition coefficient (Wildman–Crippen LogP) is 3.67. The quantitative estimate of drug-likeness (QED) is 0.757. The van der Waals surface area contributed by atoms with E-state index in [1.54, 1.807) is 14.2 Å². The van der Waals surface area contributed by atoms with Gasteiger partial charge in [0, 0.05) is 11.7 Å². The van der Waals surface area contributed by atoms with Gasteiger partial charge in [-0.2, -0.15) is 5.10 Å². The molecule has 7 heteroatoms. The second-order valence-electron chi connectivity index (χ2n) is 7.42.